The van der Waals surface area contributed by atoms with Crippen molar-refractivity contribution in [2.45, 2.75) is 90.7 Å². The molecule has 0 aromatic carbocycles. The molecule has 0 amide bonds. The summed E-state index contributed by atoms with van der Waals surface area (Å²) in [6.45, 7) is 11.7. The maximum absolute atomic E-state index is 6.21. The molecular formula is C18H35NO. The first-order valence-electron chi connectivity index (χ1n) is 8.85. The summed E-state index contributed by atoms with van der Waals surface area (Å²) < 4.78 is 6.21. The molecule has 0 aromatic rings. The minimum Gasteiger partial charge on any atom is -0.375 e. The summed E-state index contributed by atoms with van der Waals surface area (Å²) in [6, 6.07) is 0.632. The summed E-state index contributed by atoms with van der Waals surface area (Å²) in [6.07, 6.45) is 10.4. The van der Waals surface area contributed by atoms with Crippen LogP contribution in [0.1, 0.15) is 79.1 Å². The maximum atomic E-state index is 6.21. The van der Waals surface area contributed by atoms with Crippen molar-refractivity contribution in [3.05, 3.63) is 0 Å². The predicted molar refractivity (Wildman–Crippen MR) is 86.0 cm³/mol. The molecule has 0 radical (unpaired) electrons. The van der Waals surface area contributed by atoms with Gasteiger partial charge in [0.1, 0.15) is 0 Å². The van der Waals surface area contributed by atoms with Crippen LogP contribution in [-0.2, 0) is 4.74 Å². The largest absolute Gasteiger partial charge is 0.375 e. The van der Waals surface area contributed by atoms with Crippen LogP contribution >= 0.6 is 0 Å². The van der Waals surface area contributed by atoms with Crippen LogP contribution in [0.3, 0.4) is 0 Å². The van der Waals surface area contributed by atoms with Crippen LogP contribution in [0, 0.1) is 11.3 Å². The monoisotopic (exact) mass is 281 g/mol. The highest BCUT2D eigenvalue weighted by atomic mass is 16.5. The van der Waals surface area contributed by atoms with Crippen LogP contribution in [0.15, 0.2) is 0 Å². The van der Waals surface area contributed by atoms with E-state index in [1.165, 1.54) is 51.4 Å². The zero-order valence-corrected chi connectivity index (χ0v) is 14.1. The topological polar surface area (TPSA) is 21.3 Å². The minimum atomic E-state index is 0.264. The zero-order chi connectivity index (χ0) is 14.6. The van der Waals surface area contributed by atoms with E-state index >= 15 is 0 Å². The minimum absolute atomic E-state index is 0.264. The first kappa shape index (κ1) is 16.3. The van der Waals surface area contributed by atoms with E-state index in [0.29, 0.717) is 11.5 Å². The van der Waals surface area contributed by atoms with Gasteiger partial charge >= 0.3 is 0 Å². The van der Waals surface area contributed by atoms with Gasteiger partial charge in [-0.2, -0.15) is 0 Å². The highest BCUT2D eigenvalue weighted by Crippen LogP contribution is 2.48. The average molecular weight is 281 g/mol. The molecule has 0 bridgehead atoms. The van der Waals surface area contributed by atoms with Gasteiger partial charge in [0, 0.05) is 12.6 Å². The van der Waals surface area contributed by atoms with E-state index in [0.717, 1.165) is 19.1 Å². The fourth-order valence-corrected chi connectivity index (χ4v) is 4.48. The van der Waals surface area contributed by atoms with Crippen LogP contribution in [-0.4, -0.2) is 24.8 Å². The number of hydrogen-bond acceptors (Lipinski definition) is 2. The SMILES string of the molecule is CCCNC(C)CC(C)(C)C1CCOC2(CCCC2)C1. The Morgan fingerprint density at radius 3 is 2.65 bits per heavy atom. The van der Waals surface area contributed by atoms with Crippen molar-refractivity contribution in [1.82, 2.24) is 5.32 Å². The number of ether oxygens (including phenoxy) is 1. The fourth-order valence-electron chi connectivity index (χ4n) is 4.48. The van der Waals surface area contributed by atoms with E-state index in [2.05, 4.69) is 33.0 Å². The summed E-state index contributed by atoms with van der Waals surface area (Å²) in [5, 5.41) is 3.66. The van der Waals surface area contributed by atoms with Crippen molar-refractivity contribution in [3.8, 4) is 0 Å². The van der Waals surface area contributed by atoms with E-state index in [1.807, 2.05) is 0 Å². The Bertz CT molecular complexity index is 294. The third-order valence-corrected chi connectivity index (χ3v) is 5.69. The normalized spacial score (nSPS) is 27.9. The molecule has 2 rings (SSSR count). The number of nitrogens with one attached hydrogen (secondary N) is 1. The highest BCUT2D eigenvalue weighted by Gasteiger charge is 2.44. The summed E-state index contributed by atoms with van der Waals surface area (Å²) in [5.74, 6) is 0.834. The molecule has 20 heavy (non-hydrogen) atoms. The zero-order valence-electron chi connectivity index (χ0n) is 14.1. The van der Waals surface area contributed by atoms with Crippen molar-refractivity contribution >= 4 is 0 Å². The van der Waals surface area contributed by atoms with Gasteiger partial charge in [-0.25, -0.2) is 0 Å². The Balaban J connectivity index is 1.90. The molecule has 2 heteroatoms. The molecule has 1 aliphatic heterocycles. The second-order valence-electron chi connectivity index (χ2n) is 7.98. The summed E-state index contributed by atoms with van der Waals surface area (Å²) >= 11 is 0. The smallest absolute Gasteiger partial charge is 0.0685 e. The third-order valence-electron chi connectivity index (χ3n) is 5.69. The van der Waals surface area contributed by atoms with E-state index in [4.69, 9.17) is 4.74 Å². The van der Waals surface area contributed by atoms with Gasteiger partial charge in [0.05, 0.1) is 5.60 Å². The molecule has 2 atom stereocenters. The maximum Gasteiger partial charge on any atom is 0.0685 e. The molecule has 1 spiro atoms. The Kier molecular flexibility index (Phi) is 5.53. The molecule has 118 valence electrons. The average Bonchev–Trinajstić information content (AvgIpc) is 2.84. The van der Waals surface area contributed by atoms with Gasteiger partial charge in [0.2, 0.25) is 0 Å². The molecule has 2 unspecified atom stereocenters. The lowest BCUT2D eigenvalue weighted by Gasteiger charge is -2.46. The lowest BCUT2D eigenvalue weighted by atomic mass is 9.67. The van der Waals surface area contributed by atoms with Crippen molar-refractivity contribution in [1.29, 1.82) is 0 Å². The van der Waals surface area contributed by atoms with Crippen LogP contribution in [0.25, 0.3) is 0 Å². The van der Waals surface area contributed by atoms with Crippen LogP contribution in [0.4, 0.5) is 0 Å². The first-order valence-corrected chi connectivity index (χ1v) is 8.85. The number of hydrogen-bond donors (Lipinski definition) is 1. The Hall–Kier alpha value is -0.0800. The van der Waals surface area contributed by atoms with E-state index in [9.17, 15) is 0 Å². The molecule has 2 nitrogen and oxygen atoms in total. The second-order valence-corrected chi connectivity index (χ2v) is 7.98. The second kappa shape index (κ2) is 6.79. The van der Waals surface area contributed by atoms with E-state index < -0.39 is 0 Å². The Labute approximate surface area is 126 Å². The summed E-state index contributed by atoms with van der Waals surface area (Å²) in [5.41, 5.74) is 0.694. The third kappa shape index (κ3) is 3.98. The molecule has 2 aliphatic rings. The quantitative estimate of drug-likeness (QED) is 0.772. The lowest BCUT2D eigenvalue weighted by molar-refractivity contribution is -0.113. The predicted octanol–water partition coefficient (Wildman–Crippen LogP) is 4.53. The van der Waals surface area contributed by atoms with Gasteiger partial charge in [0.25, 0.3) is 0 Å². The lowest BCUT2D eigenvalue weighted by Crippen LogP contribution is -2.44. The molecule has 1 aliphatic carbocycles. The van der Waals surface area contributed by atoms with Crippen molar-refractivity contribution in [2.24, 2.45) is 11.3 Å². The Morgan fingerprint density at radius 1 is 1.30 bits per heavy atom. The molecule has 1 saturated carbocycles. The van der Waals surface area contributed by atoms with Crippen molar-refractivity contribution in [3.63, 3.8) is 0 Å². The van der Waals surface area contributed by atoms with Crippen LogP contribution < -0.4 is 5.32 Å². The van der Waals surface area contributed by atoms with Crippen molar-refractivity contribution < 1.29 is 4.74 Å². The molecule has 1 N–H and O–H groups in total. The molecule has 1 heterocycles. The van der Waals surface area contributed by atoms with Gasteiger partial charge in [-0.15, -0.1) is 0 Å². The number of rotatable bonds is 6. The van der Waals surface area contributed by atoms with Crippen LogP contribution in [0.2, 0.25) is 0 Å². The van der Waals surface area contributed by atoms with Gasteiger partial charge in [-0.3, -0.25) is 0 Å². The standard InChI is InChI=1S/C18H35NO/c1-5-11-19-15(2)13-17(3,4)16-8-12-20-18(14-16)9-6-7-10-18/h15-16,19H,5-14H2,1-4H3. The van der Waals surface area contributed by atoms with Gasteiger partial charge in [-0.1, -0.05) is 33.6 Å². The van der Waals surface area contributed by atoms with Gasteiger partial charge in [-0.05, 0) is 63.3 Å². The summed E-state index contributed by atoms with van der Waals surface area (Å²) in [4.78, 5) is 0. The van der Waals surface area contributed by atoms with Gasteiger partial charge in [0.15, 0.2) is 0 Å². The molecule has 2 fully saturated rings. The Morgan fingerprint density at radius 2 is 2.00 bits per heavy atom. The molecular weight excluding hydrogens is 246 g/mol. The summed E-state index contributed by atoms with van der Waals surface area (Å²) in [7, 11) is 0. The first-order chi connectivity index (χ1) is 9.47. The van der Waals surface area contributed by atoms with E-state index in [-0.39, 0.29) is 5.60 Å². The van der Waals surface area contributed by atoms with Crippen molar-refractivity contribution in [2.75, 3.05) is 13.2 Å². The highest BCUT2D eigenvalue weighted by molar-refractivity contribution is 4.95. The molecule has 0 aromatic heterocycles. The molecule has 1 saturated heterocycles. The van der Waals surface area contributed by atoms with Crippen LogP contribution in [0.5, 0.6) is 0 Å². The van der Waals surface area contributed by atoms with E-state index in [1.54, 1.807) is 0 Å². The fraction of sp³-hybridized carbons (Fsp3) is 1.00. The van der Waals surface area contributed by atoms with Gasteiger partial charge < -0.3 is 10.1 Å².